The number of halogens is 4. The average molecular weight is 391 g/mol. The fourth-order valence-electron chi connectivity index (χ4n) is 2.12. The summed E-state index contributed by atoms with van der Waals surface area (Å²) >= 11 is 5.99. The van der Waals surface area contributed by atoms with Gasteiger partial charge in [-0.1, -0.05) is 11.6 Å². The Bertz CT molecular complexity index is 881. The fourth-order valence-corrected chi connectivity index (χ4v) is 2.37. The van der Waals surface area contributed by atoms with Crippen LogP contribution in [-0.4, -0.2) is 24.7 Å². The maximum absolute atomic E-state index is 12.7. The van der Waals surface area contributed by atoms with Gasteiger partial charge in [0.1, 0.15) is 18.0 Å². The van der Waals surface area contributed by atoms with Crippen molar-refractivity contribution >= 4 is 23.2 Å². The van der Waals surface area contributed by atoms with Crippen molar-refractivity contribution < 1.29 is 27.4 Å². The van der Waals surface area contributed by atoms with Crippen LogP contribution in [0.25, 0.3) is 0 Å². The number of benzene rings is 1. The number of carbonyl (C=O) groups is 1. The van der Waals surface area contributed by atoms with Crippen molar-refractivity contribution in [2.45, 2.75) is 12.7 Å². The van der Waals surface area contributed by atoms with Crippen LogP contribution in [-0.2, 0) is 17.5 Å². The van der Waals surface area contributed by atoms with E-state index in [1.54, 1.807) is 0 Å². The van der Waals surface area contributed by atoms with Crippen molar-refractivity contribution in [3.63, 3.8) is 0 Å². The molecule has 140 valence electrons. The zero-order chi connectivity index (χ0) is 19.5. The summed E-state index contributed by atoms with van der Waals surface area (Å²) < 4.78 is 49.0. The normalized spacial score (nSPS) is 11.2. The van der Waals surface area contributed by atoms with Gasteiger partial charge >= 0.3 is 6.18 Å². The first kappa shape index (κ1) is 19.6. The number of hydrogen-bond donors (Lipinski definition) is 1. The molecule has 1 amide bonds. The van der Waals surface area contributed by atoms with E-state index >= 15 is 0 Å². The number of ether oxygens (including phenoxy) is 2. The Labute approximate surface area is 151 Å². The maximum Gasteiger partial charge on any atom is 0.417 e. The average Bonchev–Trinajstić information content (AvgIpc) is 2.56. The van der Waals surface area contributed by atoms with E-state index in [1.807, 2.05) is 0 Å². The Balaban J connectivity index is 2.25. The highest BCUT2D eigenvalue weighted by Gasteiger charge is 2.31. The van der Waals surface area contributed by atoms with Gasteiger partial charge in [-0.2, -0.15) is 13.2 Å². The Morgan fingerprint density at radius 3 is 2.42 bits per heavy atom. The van der Waals surface area contributed by atoms with E-state index in [2.05, 4.69) is 5.32 Å². The number of rotatable bonds is 5. The first-order valence-corrected chi connectivity index (χ1v) is 7.52. The van der Waals surface area contributed by atoms with E-state index in [-0.39, 0.29) is 16.5 Å². The standard InChI is InChI=1S/C16H14ClF3N2O4/c1-25-12-6-13(26-2)11(5-10(12)17)21-14(23)8-22-7-9(16(18,19)20)3-4-15(22)24/h3-7H,8H2,1-2H3,(H,21,23). The minimum absolute atomic E-state index is 0.184. The van der Waals surface area contributed by atoms with E-state index in [0.717, 1.165) is 6.07 Å². The van der Waals surface area contributed by atoms with Crippen molar-refractivity contribution in [2.24, 2.45) is 0 Å². The molecule has 1 aromatic carbocycles. The molecule has 0 bridgehead atoms. The smallest absolute Gasteiger partial charge is 0.417 e. The molecule has 0 spiro atoms. The molecule has 1 N–H and O–H groups in total. The summed E-state index contributed by atoms with van der Waals surface area (Å²) in [6, 6.07) is 4.21. The Hall–Kier alpha value is -2.68. The minimum Gasteiger partial charge on any atom is -0.495 e. The number of nitrogens with zero attached hydrogens (tertiary/aromatic N) is 1. The van der Waals surface area contributed by atoms with Crippen LogP contribution in [0, 0.1) is 0 Å². The van der Waals surface area contributed by atoms with Gasteiger partial charge in [0.25, 0.3) is 5.56 Å². The van der Waals surface area contributed by atoms with E-state index in [4.69, 9.17) is 21.1 Å². The molecule has 0 aliphatic carbocycles. The summed E-state index contributed by atoms with van der Waals surface area (Å²) in [6.45, 7) is -0.616. The second-order valence-corrected chi connectivity index (χ2v) is 5.52. The number of nitrogens with one attached hydrogen (secondary N) is 1. The molecule has 0 saturated carbocycles. The zero-order valence-electron chi connectivity index (χ0n) is 13.7. The summed E-state index contributed by atoms with van der Waals surface area (Å²) in [5.41, 5.74) is -1.59. The first-order valence-electron chi connectivity index (χ1n) is 7.14. The second-order valence-electron chi connectivity index (χ2n) is 5.12. The van der Waals surface area contributed by atoms with Crippen molar-refractivity contribution in [1.82, 2.24) is 4.57 Å². The Kier molecular flexibility index (Phi) is 5.81. The van der Waals surface area contributed by atoms with Crippen LogP contribution in [0.1, 0.15) is 5.56 Å². The van der Waals surface area contributed by atoms with Crippen LogP contribution in [0.3, 0.4) is 0 Å². The molecule has 0 aliphatic heterocycles. The highest BCUT2D eigenvalue weighted by atomic mass is 35.5. The molecule has 1 aromatic heterocycles. The lowest BCUT2D eigenvalue weighted by atomic mass is 10.2. The monoisotopic (exact) mass is 390 g/mol. The van der Waals surface area contributed by atoms with Crippen LogP contribution in [0.4, 0.5) is 18.9 Å². The largest absolute Gasteiger partial charge is 0.495 e. The van der Waals surface area contributed by atoms with E-state index in [0.29, 0.717) is 22.6 Å². The summed E-state index contributed by atoms with van der Waals surface area (Å²) in [7, 11) is 2.76. The van der Waals surface area contributed by atoms with Crippen LogP contribution >= 0.6 is 11.6 Å². The number of alkyl halides is 3. The molecule has 0 fully saturated rings. The third-order valence-electron chi connectivity index (χ3n) is 3.37. The van der Waals surface area contributed by atoms with Gasteiger partial charge in [-0.15, -0.1) is 0 Å². The summed E-state index contributed by atoms with van der Waals surface area (Å²) in [6.07, 6.45) is -4.04. The predicted octanol–water partition coefficient (Wildman–Crippen LogP) is 3.18. The third-order valence-corrected chi connectivity index (χ3v) is 3.67. The molecule has 0 aliphatic rings. The van der Waals surface area contributed by atoms with Gasteiger partial charge in [0.2, 0.25) is 5.91 Å². The number of methoxy groups -OCH3 is 2. The van der Waals surface area contributed by atoms with Crippen LogP contribution in [0.15, 0.2) is 35.3 Å². The zero-order valence-corrected chi connectivity index (χ0v) is 14.4. The van der Waals surface area contributed by atoms with Crippen LogP contribution < -0.4 is 20.3 Å². The lowest BCUT2D eigenvalue weighted by Gasteiger charge is -2.14. The molecule has 6 nitrogen and oxygen atoms in total. The number of amides is 1. The van der Waals surface area contributed by atoms with Crippen molar-refractivity contribution in [3.8, 4) is 11.5 Å². The van der Waals surface area contributed by atoms with Gasteiger partial charge in [-0.3, -0.25) is 9.59 Å². The molecular weight excluding hydrogens is 377 g/mol. The summed E-state index contributed by atoms with van der Waals surface area (Å²) in [5, 5.41) is 2.64. The Morgan fingerprint density at radius 2 is 1.85 bits per heavy atom. The molecule has 26 heavy (non-hydrogen) atoms. The Morgan fingerprint density at radius 1 is 1.19 bits per heavy atom. The van der Waals surface area contributed by atoms with Gasteiger partial charge in [-0.05, 0) is 12.1 Å². The lowest BCUT2D eigenvalue weighted by Crippen LogP contribution is -2.28. The second kappa shape index (κ2) is 7.69. The summed E-state index contributed by atoms with van der Waals surface area (Å²) in [5.74, 6) is -0.183. The SMILES string of the molecule is COc1cc(OC)c(NC(=O)Cn2cc(C(F)(F)F)ccc2=O)cc1Cl. The van der Waals surface area contributed by atoms with E-state index < -0.39 is 29.8 Å². The van der Waals surface area contributed by atoms with Crippen LogP contribution in [0.2, 0.25) is 5.02 Å². The molecule has 0 unspecified atom stereocenters. The van der Waals surface area contributed by atoms with Gasteiger partial charge in [-0.25, -0.2) is 0 Å². The highest BCUT2D eigenvalue weighted by Crippen LogP contribution is 2.35. The number of aromatic nitrogens is 1. The fraction of sp³-hybridized carbons (Fsp3) is 0.250. The van der Waals surface area contributed by atoms with Gasteiger partial charge < -0.3 is 19.4 Å². The first-order chi connectivity index (χ1) is 12.2. The van der Waals surface area contributed by atoms with Crippen molar-refractivity contribution in [3.05, 3.63) is 51.4 Å². The lowest BCUT2D eigenvalue weighted by molar-refractivity contribution is -0.138. The highest BCUT2D eigenvalue weighted by molar-refractivity contribution is 6.32. The minimum atomic E-state index is -4.63. The summed E-state index contributed by atoms with van der Waals surface area (Å²) in [4.78, 5) is 23.8. The van der Waals surface area contributed by atoms with Crippen LogP contribution in [0.5, 0.6) is 11.5 Å². The quantitative estimate of drug-likeness (QED) is 0.851. The number of carbonyl (C=O) groups excluding carboxylic acids is 1. The number of anilines is 1. The van der Waals surface area contributed by atoms with E-state index in [9.17, 15) is 22.8 Å². The number of hydrogen-bond acceptors (Lipinski definition) is 4. The molecule has 0 radical (unpaired) electrons. The van der Waals surface area contributed by atoms with Crippen molar-refractivity contribution in [2.75, 3.05) is 19.5 Å². The number of pyridine rings is 1. The van der Waals surface area contributed by atoms with Gasteiger partial charge in [0.05, 0.1) is 30.5 Å². The molecule has 2 rings (SSSR count). The third kappa shape index (κ3) is 4.48. The van der Waals surface area contributed by atoms with Gasteiger partial charge in [0.15, 0.2) is 0 Å². The maximum atomic E-state index is 12.7. The predicted molar refractivity (Wildman–Crippen MR) is 88.9 cm³/mol. The molecule has 0 atom stereocenters. The molecule has 10 heteroatoms. The molecule has 0 saturated heterocycles. The molecular formula is C16H14ClF3N2O4. The topological polar surface area (TPSA) is 69.6 Å². The molecule has 1 heterocycles. The van der Waals surface area contributed by atoms with Crippen molar-refractivity contribution in [1.29, 1.82) is 0 Å². The molecule has 2 aromatic rings. The van der Waals surface area contributed by atoms with E-state index in [1.165, 1.54) is 26.4 Å². The van der Waals surface area contributed by atoms with Gasteiger partial charge in [0, 0.05) is 18.3 Å².